The van der Waals surface area contributed by atoms with E-state index in [0.717, 1.165) is 16.7 Å². The van der Waals surface area contributed by atoms with E-state index >= 15 is 0 Å². The van der Waals surface area contributed by atoms with Crippen LogP contribution < -0.4 is 0 Å². The van der Waals surface area contributed by atoms with Crippen LogP contribution in [0.4, 0.5) is 0 Å². The molecule has 0 amide bonds. The van der Waals surface area contributed by atoms with Gasteiger partial charge in [-0.05, 0) is 43.5 Å². The van der Waals surface area contributed by atoms with Gasteiger partial charge < -0.3 is 14.9 Å². The summed E-state index contributed by atoms with van der Waals surface area (Å²) in [7, 11) is 1.46. The average Bonchev–Trinajstić information content (AvgIpc) is 2.77. The van der Waals surface area contributed by atoms with Crippen LogP contribution in [0.5, 0.6) is 0 Å². The van der Waals surface area contributed by atoms with Gasteiger partial charge in [-0.2, -0.15) is 0 Å². The minimum absolute atomic E-state index is 0.329. The SMILES string of the molecule is C=C(C)CCC1=C(OC)C=CC(C(=O)O)C1(O)CC(=O)c1cccc(-c2ccccc2Cl)c1. The van der Waals surface area contributed by atoms with Crippen LogP contribution in [0, 0.1) is 5.92 Å². The van der Waals surface area contributed by atoms with Crippen LogP contribution in [0.25, 0.3) is 11.1 Å². The number of carboxylic acid groups (broad SMARTS) is 1. The van der Waals surface area contributed by atoms with Crippen LogP contribution in [0.15, 0.2) is 84.2 Å². The van der Waals surface area contributed by atoms with Gasteiger partial charge in [0.25, 0.3) is 0 Å². The molecule has 2 N–H and O–H groups in total. The fourth-order valence-corrected chi connectivity index (χ4v) is 4.36. The molecule has 0 heterocycles. The molecule has 2 aromatic rings. The number of aliphatic carboxylic acids is 1. The summed E-state index contributed by atoms with van der Waals surface area (Å²) in [5, 5.41) is 22.1. The molecule has 0 fully saturated rings. The first-order valence-corrected chi connectivity index (χ1v) is 11.0. The summed E-state index contributed by atoms with van der Waals surface area (Å²) in [6.45, 7) is 5.74. The Bertz CT molecular complexity index is 1150. The van der Waals surface area contributed by atoms with Crippen molar-refractivity contribution in [2.24, 2.45) is 5.92 Å². The second-order valence-electron chi connectivity index (χ2n) is 8.26. The molecule has 2 atom stereocenters. The molecule has 2 unspecified atom stereocenters. The molecule has 0 saturated heterocycles. The van der Waals surface area contributed by atoms with Gasteiger partial charge in [-0.1, -0.05) is 59.6 Å². The first-order chi connectivity index (χ1) is 15.7. The first-order valence-electron chi connectivity index (χ1n) is 10.6. The van der Waals surface area contributed by atoms with Crippen LogP contribution in [0.2, 0.25) is 5.02 Å². The van der Waals surface area contributed by atoms with E-state index in [0.29, 0.717) is 34.8 Å². The van der Waals surface area contributed by atoms with Crippen molar-refractivity contribution >= 4 is 23.4 Å². The first kappa shape index (κ1) is 24.5. The van der Waals surface area contributed by atoms with E-state index in [1.165, 1.54) is 13.2 Å². The van der Waals surface area contributed by atoms with Crippen LogP contribution in [0.3, 0.4) is 0 Å². The van der Waals surface area contributed by atoms with Gasteiger partial charge in [0.15, 0.2) is 5.78 Å². The third-order valence-corrected chi connectivity index (χ3v) is 6.19. The summed E-state index contributed by atoms with van der Waals surface area (Å²) in [4.78, 5) is 25.4. The summed E-state index contributed by atoms with van der Waals surface area (Å²) in [5.74, 6) is -2.51. The number of carbonyl (C=O) groups excluding carboxylic acids is 1. The molecule has 0 aromatic heterocycles. The highest BCUT2D eigenvalue weighted by Gasteiger charge is 2.48. The Kier molecular flexibility index (Phi) is 7.57. The van der Waals surface area contributed by atoms with E-state index < -0.39 is 23.9 Å². The minimum atomic E-state index is -1.93. The van der Waals surface area contributed by atoms with Crippen molar-refractivity contribution < 1.29 is 24.5 Å². The molecule has 1 aliphatic carbocycles. The number of aliphatic hydroxyl groups is 1. The summed E-state index contributed by atoms with van der Waals surface area (Å²) < 4.78 is 5.42. The number of halogens is 1. The van der Waals surface area contributed by atoms with Gasteiger partial charge in [0.2, 0.25) is 0 Å². The van der Waals surface area contributed by atoms with E-state index in [4.69, 9.17) is 16.3 Å². The molecular formula is C27H27ClO5. The number of allylic oxidation sites excluding steroid dienone is 2. The predicted molar refractivity (Wildman–Crippen MR) is 129 cm³/mol. The van der Waals surface area contributed by atoms with Gasteiger partial charge >= 0.3 is 5.97 Å². The molecular weight excluding hydrogens is 440 g/mol. The van der Waals surface area contributed by atoms with Crippen molar-refractivity contribution in [1.82, 2.24) is 0 Å². The Morgan fingerprint density at radius 1 is 1.18 bits per heavy atom. The minimum Gasteiger partial charge on any atom is -0.497 e. The second kappa shape index (κ2) is 10.2. The zero-order valence-electron chi connectivity index (χ0n) is 18.7. The van der Waals surface area contributed by atoms with Gasteiger partial charge in [0, 0.05) is 28.1 Å². The van der Waals surface area contributed by atoms with Gasteiger partial charge in [-0.25, -0.2) is 0 Å². The van der Waals surface area contributed by atoms with Crippen molar-refractivity contribution in [2.45, 2.75) is 31.8 Å². The maximum atomic E-state index is 13.3. The second-order valence-corrected chi connectivity index (χ2v) is 8.67. The molecule has 0 bridgehead atoms. The number of methoxy groups -OCH3 is 1. The third kappa shape index (κ3) is 5.27. The quantitative estimate of drug-likeness (QED) is 0.358. The molecule has 172 valence electrons. The number of hydrogen-bond acceptors (Lipinski definition) is 4. The van der Waals surface area contributed by atoms with E-state index in [-0.39, 0.29) is 5.78 Å². The number of carbonyl (C=O) groups is 2. The highest BCUT2D eigenvalue weighted by Crippen LogP contribution is 2.41. The van der Waals surface area contributed by atoms with Gasteiger partial charge in [0.1, 0.15) is 17.3 Å². The summed E-state index contributed by atoms with van der Waals surface area (Å²) in [6.07, 6.45) is 3.37. The van der Waals surface area contributed by atoms with Gasteiger partial charge in [-0.3, -0.25) is 9.59 Å². The van der Waals surface area contributed by atoms with E-state index in [1.807, 2.05) is 31.2 Å². The lowest BCUT2D eigenvalue weighted by molar-refractivity contribution is -0.146. The fraction of sp³-hybridized carbons (Fsp3) is 0.259. The maximum absolute atomic E-state index is 13.3. The van der Waals surface area contributed by atoms with Crippen molar-refractivity contribution in [1.29, 1.82) is 0 Å². The van der Waals surface area contributed by atoms with Gasteiger partial charge in [-0.15, -0.1) is 6.58 Å². The molecule has 0 saturated carbocycles. The van der Waals surface area contributed by atoms with Crippen LogP contribution in [-0.2, 0) is 9.53 Å². The molecule has 6 heteroatoms. The summed E-state index contributed by atoms with van der Waals surface area (Å²) in [5.41, 5.74) is 1.23. The lowest BCUT2D eigenvalue weighted by atomic mass is 9.71. The monoisotopic (exact) mass is 466 g/mol. The Labute approximate surface area is 198 Å². The fourth-order valence-electron chi connectivity index (χ4n) is 4.12. The number of ketones is 1. The van der Waals surface area contributed by atoms with E-state index in [9.17, 15) is 19.8 Å². The topological polar surface area (TPSA) is 83.8 Å². The zero-order chi connectivity index (χ0) is 24.2. The molecule has 1 aliphatic rings. The Balaban J connectivity index is 2.00. The summed E-state index contributed by atoms with van der Waals surface area (Å²) in [6, 6.07) is 14.2. The Morgan fingerprint density at radius 3 is 2.55 bits per heavy atom. The smallest absolute Gasteiger partial charge is 0.313 e. The van der Waals surface area contributed by atoms with Crippen molar-refractivity contribution in [3.8, 4) is 11.1 Å². The molecule has 2 aromatic carbocycles. The molecule has 3 rings (SSSR count). The zero-order valence-corrected chi connectivity index (χ0v) is 19.4. The number of carboxylic acids is 1. The molecule has 5 nitrogen and oxygen atoms in total. The Morgan fingerprint density at radius 2 is 1.91 bits per heavy atom. The third-order valence-electron chi connectivity index (χ3n) is 5.86. The summed E-state index contributed by atoms with van der Waals surface area (Å²) >= 11 is 6.31. The Hall–Kier alpha value is -3.15. The van der Waals surface area contributed by atoms with Crippen molar-refractivity contribution in [2.75, 3.05) is 7.11 Å². The largest absolute Gasteiger partial charge is 0.497 e. The van der Waals surface area contributed by atoms with Crippen molar-refractivity contribution in [3.05, 3.63) is 94.8 Å². The predicted octanol–water partition coefficient (Wildman–Crippen LogP) is 5.84. The van der Waals surface area contributed by atoms with E-state index in [2.05, 4.69) is 6.58 Å². The number of benzene rings is 2. The maximum Gasteiger partial charge on any atom is 0.313 e. The highest BCUT2D eigenvalue weighted by atomic mass is 35.5. The lowest BCUT2D eigenvalue weighted by Gasteiger charge is -2.37. The number of Topliss-reactive ketones (excluding diaryl/α,β-unsaturated/α-hetero) is 1. The number of rotatable bonds is 9. The molecule has 0 radical (unpaired) electrons. The molecule has 0 spiro atoms. The van der Waals surface area contributed by atoms with Crippen molar-refractivity contribution in [3.63, 3.8) is 0 Å². The van der Waals surface area contributed by atoms with Gasteiger partial charge in [0.05, 0.1) is 7.11 Å². The number of hydrogen-bond donors (Lipinski definition) is 2. The average molecular weight is 467 g/mol. The lowest BCUT2D eigenvalue weighted by Crippen LogP contribution is -2.47. The normalized spacial score (nSPS) is 19.9. The standard InChI is InChI=1S/C27H27ClO5/c1-17(2)11-12-21-25(33-3)14-13-22(26(30)31)27(21,32)16-24(29)19-8-6-7-18(15-19)20-9-4-5-10-23(20)28/h4-10,13-15,22,32H,1,11-12,16H2,2-3H3,(H,30,31). The van der Waals surface area contributed by atoms with Crippen LogP contribution in [0.1, 0.15) is 36.5 Å². The van der Waals surface area contributed by atoms with Crippen LogP contribution >= 0.6 is 11.6 Å². The van der Waals surface area contributed by atoms with E-state index in [1.54, 1.807) is 30.3 Å². The molecule has 0 aliphatic heterocycles. The van der Waals surface area contributed by atoms with Crippen LogP contribution in [-0.4, -0.2) is 34.7 Å². The highest BCUT2D eigenvalue weighted by molar-refractivity contribution is 6.33. The molecule has 33 heavy (non-hydrogen) atoms. The number of ether oxygens (including phenoxy) is 1.